The Bertz CT molecular complexity index is 424. The second-order valence-corrected chi connectivity index (χ2v) is 6.71. The molecule has 104 valence electrons. The van der Waals surface area contributed by atoms with Gasteiger partial charge in [0.05, 0.1) is 6.61 Å². The fourth-order valence-corrected chi connectivity index (χ4v) is 2.67. The van der Waals surface area contributed by atoms with E-state index in [1.54, 1.807) is 6.92 Å². The first-order valence-electron chi connectivity index (χ1n) is 6.45. The Morgan fingerprint density at radius 1 is 1.32 bits per heavy atom. The van der Waals surface area contributed by atoms with Crippen molar-refractivity contribution in [1.82, 2.24) is 0 Å². The van der Waals surface area contributed by atoms with Crippen LogP contribution in [0, 0.1) is 0 Å². The Labute approximate surface area is 120 Å². The van der Waals surface area contributed by atoms with Crippen molar-refractivity contribution < 1.29 is 9.53 Å². The molecule has 0 aliphatic rings. The predicted molar refractivity (Wildman–Crippen MR) is 82.3 cm³/mol. The van der Waals surface area contributed by atoms with Crippen LogP contribution in [0.1, 0.15) is 32.8 Å². The second kappa shape index (κ2) is 7.39. The smallest absolute Gasteiger partial charge is 0.333 e. The summed E-state index contributed by atoms with van der Waals surface area (Å²) in [5.41, 5.74) is 1.77. The highest BCUT2D eigenvalue weighted by atomic mass is 32.2. The lowest BCUT2D eigenvalue weighted by molar-refractivity contribution is -0.138. The van der Waals surface area contributed by atoms with Crippen LogP contribution in [0.25, 0.3) is 0 Å². The highest BCUT2D eigenvalue weighted by molar-refractivity contribution is 8.00. The molecule has 0 atom stereocenters. The number of carbonyl (C=O) groups excluding carboxylic acids is 1. The molecule has 0 saturated carbocycles. The fraction of sp³-hybridized carbons (Fsp3) is 0.438. The molecule has 0 fully saturated rings. The number of hydrogen-bond acceptors (Lipinski definition) is 3. The summed E-state index contributed by atoms with van der Waals surface area (Å²) >= 11 is 1.88. The third kappa shape index (κ3) is 5.52. The van der Waals surface area contributed by atoms with E-state index in [9.17, 15) is 4.79 Å². The second-order valence-electron chi connectivity index (χ2n) is 4.99. The van der Waals surface area contributed by atoms with E-state index >= 15 is 0 Å². The molecule has 19 heavy (non-hydrogen) atoms. The number of carbonyl (C=O) groups is 1. The molecule has 0 aliphatic heterocycles. The summed E-state index contributed by atoms with van der Waals surface area (Å²) in [5, 5.41) is 0. The lowest BCUT2D eigenvalue weighted by atomic mass is 10.0. The number of rotatable bonds is 7. The van der Waals surface area contributed by atoms with Gasteiger partial charge in [0.1, 0.15) is 0 Å². The predicted octanol–water partition coefficient (Wildman–Crippen LogP) is 4.16. The minimum atomic E-state index is -0.299. The zero-order chi connectivity index (χ0) is 14.3. The highest BCUT2D eigenvalue weighted by Gasteiger charge is 2.20. The maximum Gasteiger partial charge on any atom is 0.333 e. The Kier molecular flexibility index (Phi) is 6.16. The number of thioether (sulfide) groups is 1. The van der Waals surface area contributed by atoms with Gasteiger partial charge in [-0.25, -0.2) is 4.79 Å². The van der Waals surface area contributed by atoms with Gasteiger partial charge >= 0.3 is 5.97 Å². The topological polar surface area (TPSA) is 26.3 Å². The minimum Gasteiger partial charge on any atom is -0.462 e. The maximum atomic E-state index is 11.2. The Morgan fingerprint density at radius 3 is 2.53 bits per heavy atom. The molecule has 1 aromatic carbocycles. The molecule has 3 heteroatoms. The molecular weight excluding hydrogens is 256 g/mol. The quantitative estimate of drug-likeness (QED) is 0.425. The van der Waals surface area contributed by atoms with Crippen molar-refractivity contribution in [1.29, 1.82) is 0 Å². The van der Waals surface area contributed by atoms with Crippen LogP contribution in [0.2, 0.25) is 0 Å². The van der Waals surface area contributed by atoms with Crippen LogP contribution in [0.4, 0.5) is 0 Å². The Hall–Kier alpha value is -1.22. The standard InChI is InChI=1S/C16H22O2S/c1-13(2)15(17)18-11-8-12-19-16(3,4)14-9-6-5-7-10-14/h5-7,9-10H,1,8,11-12H2,2-4H3. The van der Waals surface area contributed by atoms with Gasteiger partial charge < -0.3 is 4.74 Å². The van der Waals surface area contributed by atoms with E-state index in [4.69, 9.17) is 4.74 Å². The molecule has 0 bridgehead atoms. The van der Waals surface area contributed by atoms with E-state index in [1.165, 1.54) is 5.56 Å². The molecule has 1 aromatic rings. The van der Waals surface area contributed by atoms with Gasteiger partial charge in [0.25, 0.3) is 0 Å². The van der Waals surface area contributed by atoms with Crippen LogP contribution >= 0.6 is 11.8 Å². The molecule has 0 heterocycles. The molecular formula is C16H22O2S. The number of ether oxygens (including phenoxy) is 1. The van der Waals surface area contributed by atoms with Gasteiger partial charge in [-0.15, -0.1) is 0 Å². The number of esters is 1. The molecule has 0 aromatic heterocycles. The van der Waals surface area contributed by atoms with E-state index in [0.29, 0.717) is 12.2 Å². The number of benzene rings is 1. The fourth-order valence-electron chi connectivity index (χ4n) is 1.60. The molecule has 0 aliphatic carbocycles. The Morgan fingerprint density at radius 2 is 1.95 bits per heavy atom. The van der Waals surface area contributed by atoms with E-state index in [0.717, 1.165) is 12.2 Å². The average molecular weight is 278 g/mol. The lowest BCUT2D eigenvalue weighted by Gasteiger charge is -2.24. The van der Waals surface area contributed by atoms with Crippen molar-refractivity contribution in [2.45, 2.75) is 31.9 Å². The van der Waals surface area contributed by atoms with Crippen LogP contribution < -0.4 is 0 Å². The van der Waals surface area contributed by atoms with Crippen molar-refractivity contribution in [3.05, 3.63) is 48.0 Å². The van der Waals surface area contributed by atoms with E-state index in [1.807, 2.05) is 17.8 Å². The lowest BCUT2D eigenvalue weighted by Crippen LogP contribution is -2.13. The van der Waals surface area contributed by atoms with Crippen molar-refractivity contribution in [3.63, 3.8) is 0 Å². The summed E-state index contributed by atoms with van der Waals surface area (Å²) in [6, 6.07) is 10.4. The van der Waals surface area contributed by atoms with Crippen LogP contribution in [0.5, 0.6) is 0 Å². The maximum absolute atomic E-state index is 11.2. The van der Waals surface area contributed by atoms with Gasteiger partial charge in [0.2, 0.25) is 0 Å². The SMILES string of the molecule is C=C(C)C(=O)OCCCSC(C)(C)c1ccccc1. The first-order chi connectivity index (χ1) is 8.93. The Balaban J connectivity index is 2.29. The van der Waals surface area contributed by atoms with Gasteiger partial charge in [-0.05, 0) is 38.5 Å². The summed E-state index contributed by atoms with van der Waals surface area (Å²) in [5.74, 6) is 0.665. The van der Waals surface area contributed by atoms with E-state index in [2.05, 4.69) is 44.7 Å². The van der Waals surface area contributed by atoms with Crippen LogP contribution in [-0.2, 0) is 14.3 Å². The summed E-state index contributed by atoms with van der Waals surface area (Å²) in [6.07, 6.45) is 0.861. The van der Waals surface area contributed by atoms with Gasteiger partial charge in [-0.2, -0.15) is 11.8 Å². The van der Waals surface area contributed by atoms with Crippen molar-refractivity contribution in [2.24, 2.45) is 0 Å². The van der Waals surface area contributed by atoms with Gasteiger partial charge in [0, 0.05) is 10.3 Å². The van der Waals surface area contributed by atoms with Gasteiger partial charge in [-0.1, -0.05) is 36.9 Å². The molecule has 0 N–H and O–H groups in total. The van der Waals surface area contributed by atoms with Crippen molar-refractivity contribution >= 4 is 17.7 Å². The summed E-state index contributed by atoms with van der Waals surface area (Å²) in [7, 11) is 0. The third-order valence-corrected chi connectivity index (χ3v) is 4.25. The molecule has 0 unspecified atom stereocenters. The van der Waals surface area contributed by atoms with Crippen LogP contribution in [0.15, 0.2) is 42.5 Å². The molecule has 1 rings (SSSR count). The van der Waals surface area contributed by atoms with Crippen LogP contribution in [-0.4, -0.2) is 18.3 Å². The van der Waals surface area contributed by atoms with Crippen molar-refractivity contribution in [3.8, 4) is 0 Å². The minimum absolute atomic E-state index is 0.0830. The molecule has 0 spiro atoms. The summed E-state index contributed by atoms with van der Waals surface area (Å²) < 4.78 is 5.16. The average Bonchev–Trinajstić information content (AvgIpc) is 2.39. The zero-order valence-electron chi connectivity index (χ0n) is 11.9. The summed E-state index contributed by atoms with van der Waals surface area (Å²) in [4.78, 5) is 11.2. The van der Waals surface area contributed by atoms with Crippen LogP contribution in [0.3, 0.4) is 0 Å². The molecule has 0 radical (unpaired) electrons. The molecule has 0 saturated heterocycles. The number of hydrogen-bond donors (Lipinski definition) is 0. The zero-order valence-corrected chi connectivity index (χ0v) is 12.8. The first-order valence-corrected chi connectivity index (χ1v) is 7.44. The van der Waals surface area contributed by atoms with Gasteiger partial charge in [-0.3, -0.25) is 0 Å². The largest absolute Gasteiger partial charge is 0.462 e. The molecule has 2 nitrogen and oxygen atoms in total. The van der Waals surface area contributed by atoms with Gasteiger partial charge in [0.15, 0.2) is 0 Å². The first kappa shape index (κ1) is 15.8. The summed E-state index contributed by atoms with van der Waals surface area (Å²) in [6.45, 7) is 10.1. The highest BCUT2D eigenvalue weighted by Crippen LogP contribution is 2.35. The third-order valence-electron chi connectivity index (χ3n) is 2.80. The normalized spacial score (nSPS) is 11.1. The molecule has 0 amide bonds. The van der Waals surface area contributed by atoms with E-state index < -0.39 is 0 Å². The monoisotopic (exact) mass is 278 g/mol. The van der Waals surface area contributed by atoms with Crippen molar-refractivity contribution in [2.75, 3.05) is 12.4 Å². The van der Waals surface area contributed by atoms with E-state index in [-0.39, 0.29) is 10.7 Å².